The zero-order valence-corrected chi connectivity index (χ0v) is 23.3. The van der Waals surface area contributed by atoms with Crippen molar-refractivity contribution in [2.45, 2.75) is 59.3 Å². The number of ether oxygens (including phenoxy) is 6. The Balaban J connectivity index is 0.00000127. The summed E-state index contributed by atoms with van der Waals surface area (Å²) in [5.74, 6) is 2.04. The molecule has 0 aromatic heterocycles. The third kappa shape index (κ3) is 8.61. The highest BCUT2D eigenvalue weighted by atomic mass is 16.7. The van der Waals surface area contributed by atoms with Gasteiger partial charge < -0.3 is 33.7 Å². The molecule has 0 bridgehead atoms. The fraction of sp³-hybridized carbons (Fsp3) is 0.567. The fourth-order valence-electron chi connectivity index (χ4n) is 4.39. The van der Waals surface area contributed by atoms with Crippen molar-refractivity contribution in [3.05, 3.63) is 47.0 Å². The Morgan fingerprint density at radius 3 is 2.24 bits per heavy atom. The summed E-state index contributed by atoms with van der Waals surface area (Å²) in [6.07, 6.45) is 3.39. The van der Waals surface area contributed by atoms with Crippen molar-refractivity contribution >= 4 is 11.6 Å². The summed E-state index contributed by atoms with van der Waals surface area (Å²) in [5.41, 5.74) is 3.96. The molecule has 0 saturated carbocycles. The quantitative estimate of drug-likeness (QED) is 0.314. The van der Waals surface area contributed by atoms with Gasteiger partial charge >= 0.3 is 0 Å². The van der Waals surface area contributed by atoms with E-state index < -0.39 is 0 Å². The monoisotopic (exact) mass is 529 g/mol. The van der Waals surface area contributed by atoms with Crippen molar-refractivity contribution in [3.8, 4) is 17.2 Å². The second-order valence-electron chi connectivity index (χ2n) is 9.14. The van der Waals surface area contributed by atoms with Gasteiger partial charge in [0.2, 0.25) is 12.7 Å². The van der Waals surface area contributed by atoms with Gasteiger partial charge in [0, 0.05) is 42.9 Å². The van der Waals surface area contributed by atoms with Crippen LogP contribution in [-0.2, 0) is 25.4 Å². The average Bonchev–Trinajstić information content (AvgIpc) is 3.36. The number of aryl methyl sites for hydroxylation is 1. The van der Waals surface area contributed by atoms with E-state index >= 15 is 0 Å². The van der Waals surface area contributed by atoms with Gasteiger partial charge in [0.25, 0.3) is 0 Å². The third-order valence-corrected chi connectivity index (χ3v) is 6.04. The molecule has 0 fully saturated rings. The molecule has 0 radical (unpaired) electrons. The number of carbonyl (C=O) groups excluding carboxylic acids is 1. The van der Waals surface area contributed by atoms with Crippen molar-refractivity contribution in [2.24, 2.45) is 0 Å². The molecule has 2 aliphatic rings. The number of hydrogen-bond donors (Lipinski definition) is 1. The number of amides is 1. The molecule has 1 amide bonds. The van der Waals surface area contributed by atoms with Crippen LogP contribution in [0, 0.1) is 0 Å². The number of hydrogen-bond acceptors (Lipinski definition) is 7. The summed E-state index contributed by atoms with van der Waals surface area (Å²) >= 11 is 0. The van der Waals surface area contributed by atoms with Gasteiger partial charge in [-0.2, -0.15) is 0 Å². The van der Waals surface area contributed by atoms with Gasteiger partial charge in [0.05, 0.1) is 33.0 Å². The first-order chi connectivity index (χ1) is 18.6. The van der Waals surface area contributed by atoms with Crippen LogP contribution >= 0.6 is 0 Å². The molecule has 0 saturated heterocycles. The van der Waals surface area contributed by atoms with E-state index in [1.807, 2.05) is 26.0 Å². The number of anilines is 1. The van der Waals surface area contributed by atoms with Crippen molar-refractivity contribution in [1.29, 1.82) is 0 Å². The van der Waals surface area contributed by atoms with E-state index in [2.05, 4.69) is 37.4 Å². The minimum absolute atomic E-state index is 0.0214. The van der Waals surface area contributed by atoms with Crippen LogP contribution in [0.4, 0.5) is 5.69 Å². The van der Waals surface area contributed by atoms with Crippen LogP contribution in [0.1, 0.15) is 69.6 Å². The van der Waals surface area contributed by atoms with Gasteiger partial charge in [-0.15, -0.1) is 0 Å². The molecule has 210 valence electrons. The molecular formula is C30H43NO7. The Hall–Kier alpha value is -2.81. The van der Waals surface area contributed by atoms with Gasteiger partial charge in [-0.1, -0.05) is 32.4 Å². The topological polar surface area (TPSA) is 84.5 Å². The smallest absolute Gasteiger partial charge is 0.231 e. The molecule has 4 rings (SSSR count). The number of fused-ring (bicyclic) bond motifs is 2. The lowest BCUT2D eigenvalue weighted by Crippen LogP contribution is -2.24. The van der Waals surface area contributed by atoms with E-state index in [0.29, 0.717) is 64.2 Å². The maximum atomic E-state index is 12.5. The van der Waals surface area contributed by atoms with Gasteiger partial charge in [0.1, 0.15) is 5.75 Å². The van der Waals surface area contributed by atoms with Gasteiger partial charge in [0.15, 0.2) is 11.5 Å². The number of nitrogens with one attached hydrogen (secondary N) is 1. The van der Waals surface area contributed by atoms with E-state index in [0.717, 1.165) is 35.4 Å². The van der Waals surface area contributed by atoms with E-state index in [1.54, 1.807) is 0 Å². The Bertz CT molecular complexity index is 1010. The largest absolute Gasteiger partial charge is 0.494 e. The molecule has 1 unspecified atom stereocenters. The second-order valence-corrected chi connectivity index (χ2v) is 9.14. The molecule has 1 N–H and O–H groups in total. The van der Waals surface area contributed by atoms with Crippen LogP contribution in [0.25, 0.3) is 0 Å². The Morgan fingerprint density at radius 2 is 1.53 bits per heavy atom. The lowest BCUT2D eigenvalue weighted by atomic mass is 9.83. The van der Waals surface area contributed by atoms with Crippen LogP contribution < -0.4 is 19.5 Å². The van der Waals surface area contributed by atoms with E-state index in [1.165, 1.54) is 12.0 Å². The molecule has 0 spiro atoms. The third-order valence-electron chi connectivity index (χ3n) is 6.04. The molecule has 8 heteroatoms. The standard InChI is InChI=1S/C27H35NO7.C3H8/c1-3-30-10-11-32-13-12-31-9-5-6-19-7-8-20(24(14-19)33-4-2)21-16-27(29)28-23-17-26-25(15-22(21)23)34-18-35-26;1-3-2/h7-8,14-15,17,21H,3-6,9-13,16,18H2,1-2H3,(H,28,29);3H2,1-2H3. The average molecular weight is 530 g/mol. The molecule has 2 heterocycles. The lowest BCUT2D eigenvalue weighted by Gasteiger charge is -2.28. The van der Waals surface area contributed by atoms with Crippen LogP contribution in [0.2, 0.25) is 0 Å². The molecule has 8 nitrogen and oxygen atoms in total. The lowest BCUT2D eigenvalue weighted by molar-refractivity contribution is -0.116. The summed E-state index contributed by atoms with van der Waals surface area (Å²) in [6.45, 7) is 12.7. The zero-order valence-electron chi connectivity index (χ0n) is 23.3. The number of carbonyl (C=O) groups is 1. The first-order valence-electron chi connectivity index (χ1n) is 13.8. The predicted octanol–water partition coefficient (Wildman–Crippen LogP) is 5.71. The highest BCUT2D eigenvalue weighted by Crippen LogP contribution is 2.46. The highest BCUT2D eigenvalue weighted by Gasteiger charge is 2.31. The number of benzene rings is 2. The molecular weight excluding hydrogens is 486 g/mol. The SMILES string of the molecule is CCC.CCOCCOCCOCCCc1ccc(C2CC(=O)Nc3cc4c(cc32)OCO4)c(OCC)c1. The first kappa shape index (κ1) is 29.7. The summed E-state index contributed by atoms with van der Waals surface area (Å²) in [7, 11) is 0. The molecule has 2 aromatic rings. The molecule has 2 aliphatic heterocycles. The van der Waals surface area contributed by atoms with Crippen LogP contribution in [0.5, 0.6) is 17.2 Å². The molecule has 38 heavy (non-hydrogen) atoms. The van der Waals surface area contributed by atoms with Crippen molar-refractivity contribution in [3.63, 3.8) is 0 Å². The van der Waals surface area contributed by atoms with E-state index in [9.17, 15) is 4.79 Å². The van der Waals surface area contributed by atoms with E-state index in [-0.39, 0.29) is 18.6 Å². The predicted molar refractivity (Wildman–Crippen MR) is 148 cm³/mol. The van der Waals surface area contributed by atoms with Crippen LogP contribution in [0.15, 0.2) is 30.3 Å². The summed E-state index contributed by atoms with van der Waals surface area (Å²) in [6, 6.07) is 10.1. The molecule has 1 atom stereocenters. The minimum atomic E-state index is -0.116. The van der Waals surface area contributed by atoms with Crippen LogP contribution in [0.3, 0.4) is 0 Å². The Kier molecular flexibility index (Phi) is 12.7. The Labute approximate surface area is 226 Å². The fourth-order valence-corrected chi connectivity index (χ4v) is 4.39. The maximum Gasteiger partial charge on any atom is 0.231 e. The van der Waals surface area contributed by atoms with Gasteiger partial charge in [-0.3, -0.25) is 4.79 Å². The van der Waals surface area contributed by atoms with Crippen LogP contribution in [-0.4, -0.2) is 58.9 Å². The first-order valence-corrected chi connectivity index (χ1v) is 13.8. The summed E-state index contributed by atoms with van der Waals surface area (Å²) < 4.78 is 33.5. The van der Waals surface area contributed by atoms with Crippen molar-refractivity contribution in [2.75, 3.05) is 58.4 Å². The summed E-state index contributed by atoms with van der Waals surface area (Å²) in [5, 5.41) is 2.97. The van der Waals surface area contributed by atoms with E-state index in [4.69, 9.17) is 28.4 Å². The highest BCUT2D eigenvalue weighted by molar-refractivity contribution is 5.96. The molecule has 2 aromatic carbocycles. The maximum absolute atomic E-state index is 12.5. The normalized spacial score (nSPS) is 15.4. The van der Waals surface area contributed by atoms with Crippen molar-refractivity contribution < 1.29 is 33.2 Å². The van der Waals surface area contributed by atoms with Gasteiger partial charge in [-0.25, -0.2) is 0 Å². The molecule has 0 aliphatic carbocycles. The number of rotatable bonds is 14. The second kappa shape index (κ2) is 16.2. The Morgan fingerprint density at radius 1 is 0.842 bits per heavy atom. The van der Waals surface area contributed by atoms with Crippen molar-refractivity contribution in [1.82, 2.24) is 0 Å². The minimum Gasteiger partial charge on any atom is -0.494 e. The summed E-state index contributed by atoms with van der Waals surface area (Å²) in [4.78, 5) is 12.5. The van der Waals surface area contributed by atoms with Gasteiger partial charge in [-0.05, 0) is 49.9 Å². The zero-order chi connectivity index (χ0) is 27.2.